The van der Waals surface area contributed by atoms with Crippen LogP contribution in [-0.2, 0) is 0 Å². The van der Waals surface area contributed by atoms with Gasteiger partial charge in [0.2, 0.25) is 0 Å². The molecule has 0 spiro atoms. The van der Waals surface area contributed by atoms with Crippen molar-refractivity contribution < 1.29 is 4.92 Å². The average molecular weight is 247 g/mol. The van der Waals surface area contributed by atoms with Crippen molar-refractivity contribution in [3.05, 3.63) is 46.0 Å². The molecule has 0 aliphatic heterocycles. The van der Waals surface area contributed by atoms with Gasteiger partial charge in [-0.05, 0) is 30.5 Å². The van der Waals surface area contributed by atoms with E-state index in [1.165, 1.54) is 32.1 Å². The fraction of sp³-hybridized carbons (Fsp3) is 0.467. The van der Waals surface area contributed by atoms with Gasteiger partial charge in [-0.2, -0.15) is 0 Å². The largest absolute Gasteiger partial charge is 0.269 e. The molecule has 0 aliphatic rings. The standard InChI is InChI=1S/C15H21NO2/c1-2-3-4-5-6-7-8-9-14-10-12-15(13-11-14)16(17)18/h8-13H,2-7H2,1H3/b9-8+. The van der Waals surface area contributed by atoms with Crippen LogP contribution in [0.5, 0.6) is 0 Å². The van der Waals surface area contributed by atoms with E-state index in [4.69, 9.17) is 0 Å². The maximum atomic E-state index is 10.5. The van der Waals surface area contributed by atoms with Gasteiger partial charge in [-0.25, -0.2) is 0 Å². The van der Waals surface area contributed by atoms with Crippen LogP contribution in [0.4, 0.5) is 5.69 Å². The monoisotopic (exact) mass is 247 g/mol. The number of hydrogen-bond acceptors (Lipinski definition) is 2. The molecule has 0 N–H and O–H groups in total. The van der Waals surface area contributed by atoms with Gasteiger partial charge in [0.05, 0.1) is 4.92 Å². The van der Waals surface area contributed by atoms with Gasteiger partial charge in [-0.3, -0.25) is 10.1 Å². The molecule has 1 aromatic rings. The van der Waals surface area contributed by atoms with Crippen molar-refractivity contribution >= 4 is 11.8 Å². The zero-order chi connectivity index (χ0) is 13.2. The zero-order valence-corrected chi connectivity index (χ0v) is 11.0. The molecule has 0 saturated carbocycles. The van der Waals surface area contributed by atoms with E-state index in [2.05, 4.69) is 13.0 Å². The van der Waals surface area contributed by atoms with Gasteiger partial charge in [-0.15, -0.1) is 0 Å². The van der Waals surface area contributed by atoms with Gasteiger partial charge in [0, 0.05) is 12.1 Å². The Labute approximate surface area is 109 Å². The van der Waals surface area contributed by atoms with Crippen LogP contribution >= 0.6 is 0 Å². The third kappa shape index (κ3) is 5.62. The fourth-order valence-electron chi connectivity index (χ4n) is 1.79. The number of hydrogen-bond donors (Lipinski definition) is 0. The third-order valence-electron chi connectivity index (χ3n) is 2.89. The number of non-ortho nitro benzene ring substituents is 1. The summed E-state index contributed by atoms with van der Waals surface area (Å²) in [6, 6.07) is 6.65. The highest BCUT2D eigenvalue weighted by Gasteiger charge is 2.01. The highest BCUT2D eigenvalue weighted by molar-refractivity contribution is 5.51. The smallest absolute Gasteiger partial charge is 0.258 e. The Bertz CT molecular complexity index is 382. The van der Waals surface area contributed by atoms with Crippen molar-refractivity contribution in [3.63, 3.8) is 0 Å². The number of nitro groups is 1. The molecule has 18 heavy (non-hydrogen) atoms. The quantitative estimate of drug-likeness (QED) is 0.370. The van der Waals surface area contributed by atoms with Crippen molar-refractivity contribution in [2.75, 3.05) is 0 Å². The molecular formula is C15H21NO2. The van der Waals surface area contributed by atoms with Crippen molar-refractivity contribution in [3.8, 4) is 0 Å². The molecule has 1 aromatic carbocycles. The predicted molar refractivity (Wildman–Crippen MR) is 75.5 cm³/mol. The van der Waals surface area contributed by atoms with Crippen LogP contribution in [0, 0.1) is 10.1 Å². The summed E-state index contributed by atoms with van der Waals surface area (Å²) in [7, 11) is 0. The molecule has 0 bridgehead atoms. The molecule has 0 amide bonds. The van der Waals surface area contributed by atoms with Crippen LogP contribution in [0.25, 0.3) is 6.08 Å². The van der Waals surface area contributed by atoms with E-state index in [9.17, 15) is 10.1 Å². The summed E-state index contributed by atoms with van der Waals surface area (Å²) in [4.78, 5) is 10.1. The van der Waals surface area contributed by atoms with Crippen LogP contribution in [-0.4, -0.2) is 4.92 Å². The van der Waals surface area contributed by atoms with Gasteiger partial charge in [0.25, 0.3) is 5.69 Å². The molecule has 0 fully saturated rings. The molecule has 0 aliphatic carbocycles. The molecule has 0 saturated heterocycles. The Morgan fingerprint density at radius 1 is 1.11 bits per heavy atom. The van der Waals surface area contributed by atoms with Gasteiger partial charge in [0.15, 0.2) is 0 Å². The Morgan fingerprint density at radius 3 is 2.39 bits per heavy atom. The summed E-state index contributed by atoms with van der Waals surface area (Å²) in [5, 5.41) is 10.5. The number of allylic oxidation sites excluding steroid dienone is 1. The van der Waals surface area contributed by atoms with Crippen LogP contribution in [0.15, 0.2) is 30.3 Å². The molecule has 0 unspecified atom stereocenters. The minimum atomic E-state index is -0.374. The lowest BCUT2D eigenvalue weighted by molar-refractivity contribution is -0.384. The molecule has 98 valence electrons. The fourth-order valence-corrected chi connectivity index (χ4v) is 1.79. The summed E-state index contributed by atoms with van der Waals surface area (Å²) < 4.78 is 0. The van der Waals surface area contributed by atoms with Crippen LogP contribution in [0.1, 0.15) is 51.0 Å². The summed E-state index contributed by atoms with van der Waals surface area (Å²) in [6.45, 7) is 2.22. The third-order valence-corrected chi connectivity index (χ3v) is 2.89. The molecule has 0 heterocycles. The lowest BCUT2D eigenvalue weighted by Gasteiger charge is -1.96. The lowest BCUT2D eigenvalue weighted by atomic mass is 10.1. The molecule has 1 rings (SSSR count). The zero-order valence-electron chi connectivity index (χ0n) is 11.0. The van der Waals surface area contributed by atoms with Crippen molar-refractivity contribution in [2.45, 2.75) is 45.4 Å². The summed E-state index contributed by atoms with van der Waals surface area (Å²) >= 11 is 0. The van der Waals surface area contributed by atoms with Gasteiger partial charge in [0.1, 0.15) is 0 Å². The molecule has 3 nitrogen and oxygen atoms in total. The minimum absolute atomic E-state index is 0.145. The van der Waals surface area contributed by atoms with Crippen molar-refractivity contribution in [1.29, 1.82) is 0 Å². The minimum Gasteiger partial charge on any atom is -0.258 e. The normalized spacial score (nSPS) is 10.9. The van der Waals surface area contributed by atoms with Crippen molar-refractivity contribution in [1.82, 2.24) is 0 Å². The first-order valence-electron chi connectivity index (χ1n) is 6.65. The average Bonchev–Trinajstić information content (AvgIpc) is 2.38. The topological polar surface area (TPSA) is 43.1 Å². The summed E-state index contributed by atoms with van der Waals surface area (Å²) in [5.74, 6) is 0. The highest BCUT2D eigenvalue weighted by atomic mass is 16.6. The Hall–Kier alpha value is -1.64. The number of rotatable bonds is 8. The second-order valence-corrected chi connectivity index (χ2v) is 4.45. The molecular weight excluding hydrogens is 226 g/mol. The molecule has 3 heteroatoms. The summed E-state index contributed by atoms with van der Waals surface area (Å²) in [5.41, 5.74) is 1.17. The van der Waals surface area contributed by atoms with E-state index in [0.717, 1.165) is 12.0 Å². The molecule has 0 aromatic heterocycles. The first kappa shape index (κ1) is 14.4. The van der Waals surface area contributed by atoms with Gasteiger partial charge in [-0.1, -0.05) is 44.8 Å². The Kier molecular flexibility index (Phi) is 6.77. The molecule has 0 atom stereocenters. The van der Waals surface area contributed by atoms with Crippen LogP contribution in [0.2, 0.25) is 0 Å². The SMILES string of the molecule is CCCCCCC/C=C/c1ccc([N+](=O)[O-])cc1. The van der Waals surface area contributed by atoms with E-state index in [1.807, 2.05) is 6.08 Å². The Morgan fingerprint density at radius 2 is 1.78 bits per heavy atom. The first-order valence-corrected chi connectivity index (χ1v) is 6.65. The molecule has 0 radical (unpaired) electrons. The summed E-state index contributed by atoms with van der Waals surface area (Å²) in [6.07, 6.45) is 11.7. The van der Waals surface area contributed by atoms with Crippen LogP contribution in [0.3, 0.4) is 0 Å². The van der Waals surface area contributed by atoms with Gasteiger partial charge < -0.3 is 0 Å². The van der Waals surface area contributed by atoms with Crippen molar-refractivity contribution in [2.24, 2.45) is 0 Å². The second kappa shape index (κ2) is 8.45. The van der Waals surface area contributed by atoms with E-state index in [-0.39, 0.29) is 10.6 Å². The van der Waals surface area contributed by atoms with Gasteiger partial charge >= 0.3 is 0 Å². The first-order chi connectivity index (χ1) is 8.74. The van der Waals surface area contributed by atoms with E-state index in [0.29, 0.717) is 0 Å². The van der Waals surface area contributed by atoms with Crippen LogP contribution < -0.4 is 0 Å². The predicted octanol–water partition coefficient (Wildman–Crippen LogP) is 4.97. The maximum Gasteiger partial charge on any atom is 0.269 e. The maximum absolute atomic E-state index is 10.5. The van der Waals surface area contributed by atoms with E-state index >= 15 is 0 Å². The number of unbranched alkanes of at least 4 members (excludes halogenated alkanes) is 5. The second-order valence-electron chi connectivity index (χ2n) is 4.45. The highest BCUT2D eigenvalue weighted by Crippen LogP contribution is 2.13. The number of nitrogens with zero attached hydrogens (tertiary/aromatic N) is 1. The lowest BCUT2D eigenvalue weighted by Crippen LogP contribution is -1.86. The Balaban J connectivity index is 2.27. The van der Waals surface area contributed by atoms with E-state index < -0.39 is 0 Å². The number of benzene rings is 1. The number of nitro benzene ring substituents is 1. The van der Waals surface area contributed by atoms with E-state index in [1.54, 1.807) is 24.3 Å².